The van der Waals surface area contributed by atoms with E-state index in [-0.39, 0.29) is 31.1 Å². The number of nitrogens with one attached hydrogen (secondary N) is 1. The van der Waals surface area contributed by atoms with E-state index in [0.29, 0.717) is 36.6 Å². The third-order valence-corrected chi connectivity index (χ3v) is 9.50. The van der Waals surface area contributed by atoms with E-state index in [4.69, 9.17) is 14.6 Å². The first-order valence-corrected chi connectivity index (χ1v) is 17.4. The molecule has 1 aliphatic heterocycles. The number of nitrogens with zero attached hydrogens (tertiary/aromatic N) is 1. The van der Waals surface area contributed by atoms with E-state index in [1.54, 1.807) is 12.1 Å². The Morgan fingerprint density at radius 1 is 0.854 bits per heavy atom. The predicted octanol–water partition coefficient (Wildman–Crippen LogP) is 6.86. The lowest BCUT2D eigenvalue weighted by atomic mass is 9.97. The number of aliphatic hydroxyl groups excluding tert-OH is 1. The SMILES string of the molecule is O=C(O)CCCCCCC(=O)NCc1ccccc1-c1ccc(C2OC(CSc3cccc[n+]3[O-])CC(c3ccc(CO)cc3)O2)cc1. The van der Waals surface area contributed by atoms with Crippen LogP contribution >= 0.6 is 11.8 Å². The summed E-state index contributed by atoms with van der Waals surface area (Å²) in [4.78, 5) is 23.1. The second-order valence-electron chi connectivity index (χ2n) is 11.9. The molecule has 1 fully saturated rings. The van der Waals surface area contributed by atoms with Crippen molar-refractivity contribution in [1.29, 1.82) is 0 Å². The fraction of sp³-hybridized carbons (Fsp3) is 0.342. The molecule has 0 bridgehead atoms. The average molecular weight is 671 g/mol. The first-order valence-electron chi connectivity index (χ1n) is 16.4. The molecule has 9 nitrogen and oxygen atoms in total. The molecule has 0 aliphatic carbocycles. The average Bonchev–Trinajstić information content (AvgIpc) is 3.12. The van der Waals surface area contributed by atoms with Gasteiger partial charge >= 0.3 is 5.97 Å². The molecule has 3 aromatic carbocycles. The molecule has 0 radical (unpaired) electrons. The number of pyridine rings is 1. The zero-order valence-corrected chi connectivity index (χ0v) is 27.6. The van der Waals surface area contributed by atoms with Crippen molar-refractivity contribution in [3.05, 3.63) is 125 Å². The number of hydrogen-bond acceptors (Lipinski definition) is 7. The highest BCUT2D eigenvalue weighted by Crippen LogP contribution is 2.40. The molecule has 10 heteroatoms. The number of aromatic nitrogens is 1. The Bertz CT molecular complexity index is 1630. The van der Waals surface area contributed by atoms with E-state index in [1.807, 2.05) is 78.9 Å². The molecular weight excluding hydrogens is 628 g/mol. The van der Waals surface area contributed by atoms with Gasteiger partial charge in [0.05, 0.1) is 18.8 Å². The molecule has 1 saturated heterocycles. The van der Waals surface area contributed by atoms with Crippen LogP contribution in [-0.4, -0.2) is 33.9 Å². The van der Waals surface area contributed by atoms with Crippen LogP contribution in [0.1, 0.15) is 79.6 Å². The topological polar surface area (TPSA) is 132 Å². The number of carboxylic acids is 1. The first-order chi connectivity index (χ1) is 23.4. The van der Waals surface area contributed by atoms with E-state index in [2.05, 4.69) is 5.32 Å². The Balaban J connectivity index is 1.24. The summed E-state index contributed by atoms with van der Waals surface area (Å²) in [6, 6.07) is 29.2. The Morgan fingerprint density at radius 3 is 2.29 bits per heavy atom. The minimum absolute atomic E-state index is 0.0180. The Labute approximate surface area is 285 Å². The van der Waals surface area contributed by atoms with Gasteiger partial charge in [-0.15, -0.1) is 0 Å². The van der Waals surface area contributed by atoms with Crippen molar-refractivity contribution in [3.63, 3.8) is 0 Å². The van der Waals surface area contributed by atoms with Gasteiger partial charge in [-0.25, -0.2) is 0 Å². The van der Waals surface area contributed by atoms with Gasteiger partial charge in [0.2, 0.25) is 5.91 Å². The number of benzene rings is 3. The third kappa shape index (κ3) is 10.1. The lowest BCUT2D eigenvalue weighted by molar-refractivity contribution is -0.645. The number of aliphatic carboxylic acids is 1. The van der Waals surface area contributed by atoms with Crippen molar-refractivity contribution < 1.29 is 34.0 Å². The van der Waals surface area contributed by atoms with Crippen molar-refractivity contribution in [2.24, 2.45) is 0 Å². The van der Waals surface area contributed by atoms with E-state index in [0.717, 1.165) is 57.4 Å². The molecule has 3 atom stereocenters. The highest BCUT2D eigenvalue weighted by atomic mass is 32.2. The predicted molar refractivity (Wildman–Crippen MR) is 184 cm³/mol. The molecule has 1 aliphatic rings. The van der Waals surface area contributed by atoms with Gasteiger partial charge in [0, 0.05) is 49.3 Å². The Hall–Kier alpha value is -4.22. The van der Waals surface area contributed by atoms with Crippen LogP contribution < -0.4 is 10.0 Å². The Kier molecular flexibility index (Phi) is 13.0. The minimum Gasteiger partial charge on any atom is -0.618 e. The summed E-state index contributed by atoms with van der Waals surface area (Å²) in [5.41, 5.74) is 5.74. The van der Waals surface area contributed by atoms with Crippen molar-refractivity contribution >= 4 is 23.6 Å². The van der Waals surface area contributed by atoms with Gasteiger partial charge in [-0.05, 0) is 46.7 Å². The van der Waals surface area contributed by atoms with Crippen LogP contribution in [0, 0.1) is 5.21 Å². The first kappa shape index (κ1) is 35.1. The number of carbonyl (C=O) groups excluding carboxylic acids is 1. The molecule has 252 valence electrons. The van der Waals surface area contributed by atoms with Crippen LogP contribution in [0.2, 0.25) is 0 Å². The highest BCUT2D eigenvalue weighted by Gasteiger charge is 2.32. The third-order valence-electron chi connectivity index (χ3n) is 8.35. The van der Waals surface area contributed by atoms with Crippen molar-refractivity contribution in [3.8, 4) is 11.1 Å². The molecule has 0 saturated carbocycles. The second kappa shape index (κ2) is 17.8. The molecule has 0 spiro atoms. The quantitative estimate of drug-likeness (QED) is 0.0510. The normalized spacial score (nSPS) is 17.6. The maximum Gasteiger partial charge on any atom is 0.303 e. The number of rotatable bonds is 16. The van der Waals surface area contributed by atoms with E-state index >= 15 is 0 Å². The van der Waals surface area contributed by atoms with Crippen molar-refractivity contribution in [2.75, 3.05) is 5.75 Å². The maximum atomic E-state index is 12.5. The molecule has 1 aromatic heterocycles. The molecular formula is C38H42N2O7S. The maximum absolute atomic E-state index is 12.5. The number of aliphatic hydroxyl groups is 1. The van der Waals surface area contributed by atoms with Crippen LogP contribution in [0.15, 0.2) is 102 Å². The lowest BCUT2D eigenvalue weighted by Gasteiger charge is -2.36. The summed E-state index contributed by atoms with van der Waals surface area (Å²) < 4.78 is 13.8. The van der Waals surface area contributed by atoms with Gasteiger partial charge in [0.15, 0.2) is 12.5 Å². The summed E-state index contributed by atoms with van der Waals surface area (Å²) in [5, 5.41) is 34.1. The minimum atomic E-state index is -0.783. The number of carboxylic acid groups (broad SMARTS) is 1. The van der Waals surface area contributed by atoms with Gasteiger partial charge < -0.3 is 30.2 Å². The number of unbranched alkanes of at least 4 members (excludes halogenated alkanes) is 3. The fourth-order valence-corrected chi connectivity index (χ4v) is 6.63. The molecule has 3 unspecified atom stereocenters. The number of amides is 1. The van der Waals surface area contributed by atoms with Gasteiger partial charge in [0.1, 0.15) is 0 Å². The van der Waals surface area contributed by atoms with Crippen LogP contribution in [0.25, 0.3) is 11.1 Å². The summed E-state index contributed by atoms with van der Waals surface area (Å²) in [7, 11) is 0. The molecule has 2 heterocycles. The number of ether oxygens (including phenoxy) is 2. The second-order valence-corrected chi connectivity index (χ2v) is 12.9. The van der Waals surface area contributed by atoms with Crippen LogP contribution in [0.4, 0.5) is 0 Å². The molecule has 3 N–H and O–H groups in total. The summed E-state index contributed by atoms with van der Waals surface area (Å²) >= 11 is 1.46. The van der Waals surface area contributed by atoms with Crippen LogP contribution in [0.5, 0.6) is 0 Å². The van der Waals surface area contributed by atoms with E-state index in [1.165, 1.54) is 18.0 Å². The van der Waals surface area contributed by atoms with E-state index < -0.39 is 12.3 Å². The number of carbonyl (C=O) groups is 2. The van der Waals surface area contributed by atoms with E-state index in [9.17, 15) is 19.9 Å². The fourth-order valence-electron chi connectivity index (χ4n) is 5.70. The summed E-state index contributed by atoms with van der Waals surface area (Å²) in [5.74, 6) is -0.218. The highest BCUT2D eigenvalue weighted by molar-refractivity contribution is 7.99. The standard InChI is InChI=1S/C38H42N2O7S/c41-25-27-14-16-29(17-15-27)34-23-32(26-48-36-12-7-8-22-40(36)45)46-38(47-34)30-20-18-28(19-21-30)33-10-6-5-9-31(33)24-39-35(42)11-3-1-2-4-13-37(43)44/h5-10,12,14-22,32,34,38,41H,1-4,11,13,23-26H2,(H,39,42)(H,43,44). The monoisotopic (exact) mass is 670 g/mol. The molecule has 4 aromatic rings. The van der Waals surface area contributed by atoms with Crippen LogP contribution in [0.3, 0.4) is 0 Å². The molecule has 1 amide bonds. The zero-order chi connectivity index (χ0) is 33.7. The molecule has 48 heavy (non-hydrogen) atoms. The lowest BCUT2D eigenvalue weighted by Crippen LogP contribution is -2.32. The Morgan fingerprint density at radius 2 is 1.56 bits per heavy atom. The zero-order valence-electron chi connectivity index (χ0n) is 26.8. The van der Waals surface area contributed by atoms with Crippen LogP contribution in [-0.2, 0) is 32.2 Å². The molecule has 5 rings (SSSR count). The van der Waals surface area contributed by atoms with Crippen molar-refractivity contribution in [2.45, 2.75) is 81.6 Å². The van der Waals surface area contributed by atoms with Crippen molar-refractivity contribution in [1.82, 2.24) is 5.32 Å². The summed E-state index contributed by atoms with van der Waals surface area (Å²) in [6.07, 6.45) is 4.69. The van der Waals surface area contributed by atoms with Gasteiger partial charge in [-0.2, -0.15) is 4.73 Å². The van der Waals surface area contributed by atoms with Gasteiger partial charge in [0.25, 0.3) is 5.03 Å². The smallest absolute Gasteiger partial charge is 0.303 e. The number of hydrogen-bond donors (Lipinski definition) is 3. The summed E-state index contributed by atoms with van der Waals surface area (Å²) in [6.45, 7) is 0.383. The van der Waals surface area contributed by atoms with Gasteiger partial charge in [-0.3, -0.25) is 9.59 Å². The number of thioether (sulfide) groups is 1. The van der Waals surface area contributed by atoms with Gasteiger partial charge in [-0.1, -0.05) is 97.4 Å². The largest absolute Gasteiger partial charge is 0.618 e.